The van der Waals surface area contributed by atoms with Crippen molar-refractivity contribution in [3.8, 4) is 17.6 Å². The largest absolute Gasteiger partial charge is 0.454 e. The van der Waals surface area contributed by atoms with Crippen LogP contribution in [0.3, 0.4) is 0 Å². The number of aromatic nitrogens is 2. The lowest BCUT2D eigenvalue weighted by Gasteiger charge is -2.36. The zero-order valence-electron chi connectivity index (χ0n) is 19.3. The molecular weight excluding hydrogens is 430 g/mol. The van der Waals surface area contributed by atoms with Gasteiger partial charge in [-0.15, -0.1) is 0 Å². The molecule has 3 aromatic rings. The Morgan fingerprint density at radius 3 is 2.56 bits per heavy atom. The van der Waals surface area contributed by atoms with Gasteiger partial charge < -0.3 is 19.7 Å². The van der Waals surface area contributed by atoms with Crippen LogP contribution in [-0.4, -0.2) is 35.8 Å². The summed E-state index contributed by atoms with van der Waals surface area (Å²) in [4.78, 5) is 25.0. The van der Waals surface area contributed by atoms with E-state index < -0.39 is 11.8 Å². The Morgan fingerprint density at radius 1 is 1.12 bits per heavy atom. The van der Waals surface area contributed by atoms with Crippen LogP contribution in [0.4, 0.5) is 5.82 Å². The number of fused-ring (bicyclic) bond motifs is 2. The van der Waals surface area contributed by atoms with Gasteiger partial charge in [0.05, 0.1) is 17.1 Å². The van der Waals surface area contributed by atoms with E-state index in [0.717, 1.165) is 30.6 Å². The molecule has 1 amide bonds. The standard InChI is InChI=1S/C26H27N5O3/c1-16-9-17(2)14-31(13-16)25-24(29-20-5-3-4-6-21(20)30-25)19(11-27)26(32)28-12-18-7-8-22-23(10-18)34-15-33-22/h3-8,10,16-17,19H,9,12-15H2,1-2H3,(H,28,32)/t16-,17-,19+/m1/s1. The molecule has 2 aliphatic rings. The molecule has 2 aromatic carbocycles. The molecular formula is C26H27N5O3. The highest BCUT2D eigenvalue weighted by molar-refractivity contribution is 5.88. The smallest absolute Gasteiger partial charge is 0.243 e. The van der Waals surface area contributed by atoms with Crippen LogP contribution in [0.1, 0.15) is 37.4 Å². The van der Waals surface area contributed by atoms with E-state index in [4.69, 9.17) is 19.4 Å². The van der Waals surface area contributed by atoms with Gasteiger partial charge in [0.2, 0.25) is 12.7 Å². The van der Waals surface area contributed by atoms with Crippen LogP contribution in [0.15, 0.2) is 42.5 Å². The fourth-order valence-corrected chi connectivity index (χ4v) is 4.85. The monoisotopic (exact) mass is 457 g/mol. The average molecular weight is 458 g/mol. The van der Waals surface area contributed by atoms with Gasteiger partial charge in [0.15, 0.2) is 23.2 Å². The summed E-state index contributed by atoms with van der Waals surface area (Å²) < 4.78 is 10.8. The zero-order chi connectivity index (χ0) is 23.7. The second-order valence-corrected chi connectivity index (χ2v) is 9.24. The molecule has 2 aliphatic heterocycles. The molecule has 1 saturated heterocycles. The van der Waals surface area contributed by atoms with Gasteiger partial charge in [-0.2, -0.15) is 5.26 Å². The summed E-state index contributed by atoms with van der Waals surface area (Å²) in [7, 11) is 0. The van der Waals surface area contributed by atoms with E-state index in [0.29, 0.717) is 40.4 Å². The van der Waals surface area contributed by atoms with Crippen molar-refractivity contribution in [3.05, 3.63) is 53.7 Å². The van der Waals surface area contributed by atoms with Gasteiger partial charge in [0.1, 0.15) is 5.69 Å². The first-order valence-corrected chi connectivity index (χ1v) is 11.6. The first-order chi connectivity index (χ1) is 16.5. The van der Waals surface area contributed by atoms with Crippen molar-refractivity contribution in [2.75, 3.05) is 24.8 Å². The second-order valence-electron chi connectivity index (χ2n) is 9.24. The summed E-state index contributed by atoms with van der Waals surface area (Å²) in [5.74, 6) is 1.47. The molecule has 0 saturated carbocycles. The third-order valence-corrected chi connectivity index (χ3v) is 6.31. The predicted octanol–water partition coefficient (Wildman–Crippen LogP) is 3.76. The Kier molecular flexibility index (Phi) is 5.93. The Bertz CT molecular complexity index is 1260. The minimum Gasteiger partial charge on any atom is -0.454 e. The molecule has 8 heteroatoms. The van der Waals surface area contributed by atoms with Crippen molar-refractivity contribution in [3.63, 3.8) is 0 Å². The summed E-state index contributed by atoms with van der Waals surface area (Å²) >= 11 is 0. The van der Waals surface area contributed by atoms with Crippen LogP contribution < -0.4 is 19.7 Å². The van der Waals surface area contributed by atoms with E-state index in [1.165, 1.54) is 0 Å². The number of hydrogen-bond acceptors (Lipinski definition) is 7. The molecule has 0 spiro atoms. The molecule has 0 radical (unpaired) electrons. The van der Waals surface area contributed by atoms with Crippen molar-refractivity contribution < 1.29 is 14.3 Å². The van der Waals surface area contributed by atoms with Crippen LogP contribution in [0.2, 0.25) is 0 Å². The number of carbonyl (C=O) groups is 1. The van der Waals surface area contributed by atoms with Crippen molar-refractivity contribution in [2.45, 2.75) is 32.7 Å². The van der Waals surface area contributed by atoms with E-state index in [9.17, 15) is 10.1 Å². The molecule has 1 N–H and O–H groups in total. The SMILES string of the molecule is C[C@@H]1C[C@@H](C)CN(c2nc3ccccc3nc2[C@H](C#N)C(=O)NCc2ccc3c(c2)OCO3)C1. The normalized spacial score (nSPS) is 20.1. The van der Waals surface area contributed by atoms with Crippen molar-refractivity contribution >= 4 is 22.8 Å². The lowest BCUT2D eigenvalue weighted by Crippen LogP contribution is -2.40. The van der Waals surface area contributed by atoms with Crippen LogP contribution in [0.5, 0.6) is 11.5 Å². The molecule has 1 aromatic heterocycles. The van der Waals surface area contributed by atoms with Gasteiger partial charge in [0.25, 0.3) is 0 Å². The number of anilines is 1. The Balaban J connectivity index is 1.44. The quantitative estimate of drug-likeness (QED) is 0.622. The number of nitrogens with zero attached hydrogens (tertiary/aromatic N) is 4. The zero-order valence-corrected chi connectivity index (χ0v) is 19.3. The minimum atomic E-state index is -1.08. The summed E-state index contributed by atoms with van der Waals surface area (Å²) in [6.45, 7) is 6.54. The summed E-state index contributed by atoms with van der Waals surface area (Å²) in [5, 5.41) is 12.9. The van der Waals surface area contributed by atoms with E-state index in [2.05, 4.69) is 30.1 Å². The molecule has 174 valence electrons. The van der Waals surface area contributed by atoms with Crippen LogP contribution in [0.25, 0.3) is 11.0 Å². The minimum absolute atomic E-state index is 0.193. The van der Waals surface area contributed by atoms with Gasteiger partial charge >= 0.3 is 0 Å². The maximum atomic E-state index is 13.2. The lowest BCUT2D eigenvalue weighted by atomic mass is 9.91. The van der Waals surface area contributed by atoms with E-state index >= 15 is 0 Å². The van der Waals surface area contributed by atoms with Gasteiger partial charge in [0, 0.05) is 19.6 Å². The number of hydrogen-bond donors (Lipinski definition) is 1. The Morgan fingerprint density at radius 2 is 1.82 bits per heavy atom. The molecule has 1 fully saturated rings. The number of nitrogens with one attached hydrogen (secondary N) is 1. The molecule has 8 nitrogen and oxygen atoms in total. The molecule has 3 atom stereocenters. The average Bonchev–Trinajstić information content (AvgIpc) is 3.30. The van der Waals surface area contributed by atoms with Gasteiger partial charge in [-0.05, 0) is 48.1 Å². The number of carbonyl (C=O) groups excluding carboxylic acids is 1. The maximum absolute atomic E-state index is 13.2. The molecule has 0 unspecified atom stereocenters. The molecule has 5 rings (SSSR count). The van der Waals surface area contributed by atoms with Crippen molar-refractivity contribution in [1.82, 2.24) is 15.3 Å². The number of rotatable bonds is 5. The number of amides is 1. The first kappa shape index (κ1) is 22.0. The number of piperidine rings is 1. The molecule has 0 bridgehead atoms. The third kappa shape index (κ3) is 4.34. The van der Waals surface area contributed by atoms with Gasteiger partial charge in [-0.25, -0.2) is 9.97 Å². The Labute approximate surface area is 198 Å². The van der Waals surface area contributed by atoms with Crippen LogP contribution >= 0.6 is 0 Å². The van der Waals surface area contributed by atoms with Crippen LogP contribution in [-0.2, 0) is 11.3 Å². The topological polar surface area (TPSA) is 100 Å². The highest BCUT2D eigenvalue weighted by Gasteiger charge is 2.31. The number of nitriles is 1. The number of ether oxygens (including phenoxy) is 2. The van der Waals surface area contributed by atoms with Crippen molar-refractivity contribution in [2.24, 2.45) is 11.8 Å². The number of benzene rings is 2. The fourth-order valence-electron chi connectivity index (χ4n) is 4.85. The summed E-state index contributed by atoms with van der Waals surface area (Å²) in [5.41, 5.74) is 2.69. The first-order valence-electron chi connectivity index (χ1n) is 11.6. The highest BCUT2D eigenvalue weighted by atomic mass is 16.7. The summed E-state index contributed by atoms with van der Waals surface area (Å²) in [6, 6.07) is 15.3. The lowest BCUT2D eigenvalue weighted by molar-refractivity contribution is -0.121. The predicted molar refractivity (Wildman–Crippen MR) is 127 cm³/mol. The third-order valence-electron chi connectivity index (χ3n) is 6.31. The van der Waals surface area contributed by atoms with Crippen molar-refractivity contribution in [1.29, 1.82) is 5.26 Å². The highest BCUT2D eigenvalue weighted by Crippen LogP contribution is 2.33. The molecule has 0 aliphatic carbocycles. The fraction of sp³-hybridized carbons (Fsp3) is 0.385. The van der Waals surface area contributed by atoms with E-state index in [-0.39, 0.29) is 13.3 Å². The molecule has 3 heterocycles. The Hall–Kier alpha value is -3.86. The number of para-hydroxylation sites is 2. The maximum Gasteiger partial charge on any atom is 0.243 e. The van der Waals surface area contributed by atoms with Gasteiger partial charge in [-0.1, -0.05) is 32.0 Å². The van der Waals surface area contributed by atoms with E-state index in [1.54, 1.807) is 0 Å². The molecule has 34 heavy (non-hydrogen) atoms. The van der Waals surface area contributed by atoms with Crippen LogP contribution in [0, 0.1) is 23.2 Å². The van der Waals surface area contributed by atoms with Gasteiger partial charge in [-0.3, -0.25) is 4.79 Å². The van der Waals surface area contributed by atoms with E-state index in [1.807, 2.05) is 42.5 Å². The summed E-state index contributed by atoms with van der Waals surface area (Å²) in [6.07, 6.45) is 1.14. The second kappa shape index (κ2) is 9.18.